The molecule has 0 bridgehead atoms. The summed E-state index contributed by atoms with van der Waals surface area (Å²) in [6.07, 6.45) is -4.37. The number of hydrogen-bond acceptors (Lipinski definition) is 3. The molecule has 26 heavy (non-hydrogen) atoms. The molecular weight excluding hydrogens is 345 g/mol. The zero-order valence-electron chi connectivity index (χ0n) is 14.6. The molecule has 0 aliphatic rings. The van der Waals surface area contributed by atoms with Crippen LogP contribution in [-0.4, -0.2) is 37.2 Å². The Bertz CT molecular complexity index is 730. The predicted octanol–water partition coefficient (Wildman–Crippen LogP) is 4.01. The molecule has 0 heterocycles. The van der Waals surface area contributed by atoms with E-state index >= 15 is 0 Å². The summed E-state index contributed by atoms with van der Waals surface area (Å²) >= 11 is 0. The van der Waals surface area contributed by atoms with E-state index in [1.165, 1.54) is 6.07 Å². The second-order valence-corrected chi connectivity index (χ2v) is 6.14. The molecule has 2 aromatic carbocycles. The van der Waals surface area contributed by atoms with Crippen molar-refractivity contribution in [3.63, 3.8) is 0 Å². The topological polar surface area (TPSA) is 41.6 Å². The standard InChI is InChI=1S/C19H21F3N2O2/c1-14-6-8-16(9-7-14)23-18(25)12-24(2)11-15-4-3-5-17(10-15)26-13-19(20,21)22/h3-10H,11-13H2,1-2H3,(H,23,25). The SMILES string of the molecule is Cc1ccc(NC(=O)CN(C)Cc2cccc(OCC(F)(F)F)c2)cc1. The van der Waals surface area contributed by atoms with Crippen molar-refractivity contribution in [1.29, 1.82) is 0 Å². The molecule has 0 aliphatic heterocycles. The van der Waals surface area contributed by atoms with Gasteiger partial charge in [-0.3, -0.25) is 9.69 Å². The van der Waals surface area contributed by atoms with Gasteiger partial charge < -0.3 is 10.1 Å². The Morgan fingerprint density at radius 1 is 1.15 bits per heavy atom. The Morgan fingerprint density at radius 2 is 1.85 bits per heavy atom. The molecule has 0 saturated heterocycles. The third-order valence-corrected chi connectivity index (χ3v) is 3.50. The van der Waals surface area contributed by atoms with Gasteiger partial charge in [-0.15, -0.1) is 0 Å². The zero-order valence-corrected chi connectivity index (χ0v) is 14.6. The zero-order chi connectivity index (χ0) is 19.2. The van der Waals surface area contributed by atoms with Crippen molar-refractivity contribution in [1.82, 2.24) is 4.90 Å². The second-order valence-electron chi connectivity index (χ2n) is 6.14. The van der Waals surface area contributed by atoms with E-state index in [0.29, 0.717) is 6.54 Å². The maximum absolute atomic E-state index is 12.2. The van der Waals surface area contributed by atoms with Gasteiger partial charge in [0.2, 0.25) is 5.91 Å². The van der Waals surface area contributed by atoms with Gasteiger partial charge in [0.1, 0.15) is 5.75 Å². The summed E-state index contributed by atoms with van der Waals surface area (Å²) in [7, 11) is 1.76. The van der Waals surface area contributed by atoms with Crippen molar-refractivity contribution in [3.05, 3.63) is 59.7 Å². The van der Waals surface area contributed by atoms with Gasteiger partial charge in [0, 0.05) is 12.2 Å². The third kappa shape index (κ3) is 7.14. The molecule has 1 amide bonds. The first kappa shape index (κ1) is 19.8. The quantitative estimate of drug-likeness (QED) is 0.805. The van der Waals surface area contributed by atoms with E-state index in [4.69, 9.17) is 4.74 Å². The summed E-state index contributed by atoms with van der Waals surface area (Å²) in [6.45, 7) is 1.20. The minimum absolute atomic E-state index is 0.150. The van der Waals surface area contributed by atoms with Crippen molar-refractivity contribution >= 4 is 11.6 Å². The Balaban J connectivity index is 1.85. The van der Waals surface area contributed by atoms with Crippen LogP contribution in [0.1, 0.15) is 11.1 Å². The number of amides is 1. The Kier molecular flexibility index (Phi) is 6.63. The van der Waals surface area contributed by atoms with Crippen molar-refractivity contribution in [2.45, 2.75) is 19.6 Å². The summed E-state index contributed by atoms with van der Waals surface area (Å²) in [5.74, 6) is -0.0156. The highest BCUT2D eigenvalue weighted by atomic mass is 19.4. The van der Waals surface area contributed by atoms with Crippen LogP contribution in [0, 0.1) is 6.92 Å². The van der Waals surface area contributed by atoms with Crippen LogP contribution in [-0.2, 0) is 11.3 Å². The molecule has 0 fully saturated rings. The minimum Gasteiger partial charge on any atom is -0.484 e. The monoisotopic (exact) mass is 366 g/mol. The fourth-order valence-electron chi connectivity index (χ4n) is 2.35. The number of rotatable bonds is 7. The van der Waals surface area contributed by atoms with Gasteiger partial charge in [-0.25, -0.2) is 0 Å². The number of likely N-dealkylation sites (N-methyl/N-ethyl adjacent to an activating group) is 1. The van der Waals surface area contributed by atoms with E-state index in [0.717, 1.165) is 16.8 Å². The van der Waals surface area contributed by atoms with Gasteiger partial charge >= 0.3 is 6.18 Å². The van der Waals surface area contributed by atoms with Gasteiger partial charge in [0.15, 0.2) is 6.61 Å². The first-order valence-electron chi connectivity index (χ1n) is 8.05. The molecule has 0 radical (unpaired) electrons. The molecule has 7 heteroatoms. The van der Waals surface area contributed by atoms with E-state index in [-0.39, 0.29) is 18.2 Å². The number of aryl methyl sites for hydroxylation is 1. The molecular formula is C19H21F3N2O2. The van der Waals surface area contributed by atoms with Crippen molar-refractivity contribution < 1.29 is 22.7 Å². The highest BCUT2D eigenvalue weighted by Gasteiger charge is 2.28. The molecule has 0 saturated carbocycles. The largest absolute Gasteiger partial charge is 0.484 e. The molecule has 2 aromatic rings. The van der Waals surface area contributed by atoms with Crippen LogP contribution in [0.3, 0.4) is 0 Å². The average Bonchev–Trinajstić information content (AvgIpc) is 2.54. The number of nitrogens with one attached hydrogen (secondary N) is 1. The number of alkyl halides is 3. The summed E-state index contributed by atoms with van der Waals surface area (Å²) in [4.78, 5) is 13.8. The van der Waals surface area contributed by atoms with E-state index in [2.05, 4.69) is 5.32 Å². The lowest BCUT2D eigenvalue weighted by atomic mass is 10.2. The maximum Gasteiger partial charge on any atom is 0.422 e. The molecule has 0 aliphatic carbocycles. The number of benzene rings is 2. The first-order valence-corrected chi connectivity index (χ1v) is 8.05. The van der Waals surface area contributed by atoms with E-state index < -0.39 is 12.8 Å². The lowest BCUT2D eigenvalue weighted by molar-refractivity contribution is -0.153. The van der Waals surface area contributed by atoms with Gasteiger partial charge in [0.05, 0.1) is 6.54 Å². The molecule has 140 valence electrons. The lowest BCUT2D eigenvalue weighted by Gasteiger charge is -2.17. The number of ether oxygens (including phenoxy) is 1. The fourth-order valence-corrected chi connectivity index (χ4v) is 2.35. The fraction of sp³-hybridized carbons (Fsp3) is 0.316. The highest BCUT2D eigenvalue weighted by molar-refractivity contribution is 5.92. The number of hydrogen-bond donors (Lipinski definition) is 1. The molecule has 0 spiro atoms. The average molecular weight is 366 g/mol. The normalized spacial score (nSPS) is 11.5. The van der Waals surface area contributed by atoms with Crippen molar-refractivity contribution in [2.75, 3.05) is 25.5 Å². The number of carbonyl (C=O) groups is 1. The second kappa shape index (κ2) is 8.71. The van der Waals surface area contributed by atoms with Crippen LogP contribution >= 0.6 is 0 Å². The number of anilines is 1. The van der Waals surface area contributed by atoms with Gasteiger partial charge in [-0.1, -0.05) is 29.8 Å². The van der Waals surface area contributed by atoms with Gasteiger partial charge in [-0.05, 0) is 43.8 Å². The Hall–Kier alpha value is -2.54. The Labute approximate surface area is 150 Å². The summed E-state index contributed by atoms with van der Waals surface area (Å²) in [5, 5.41) is 2.80. The summed E-state index contributed by atoms with van der Waals surface area (Å²) in [6, 6.07) is 13.9. The molecule has 0 unspecified atom stereocenters. The van der Waals surface area contributed by atoms with Crippen LogP contribution in [0.2, 0.25) is 0 Å². The van der Waals surface area contributed by atoms with E-state index in [1.54, 1.807) is 30.1 Å². The summed E-state index contributed by atoms with van der Waals surface area (Å²) < 4.78 is 41.4. The third-order valence-electron chi connectivity index (χ3n) is 3.50. The molecule has 0 aromatic heterocycles. The first-order chi connectivity index (χ1) is 12.2. The van der Waals surface area contributed by atoms with Crippen LogP contribution in [0.15, 0.2) is 48.5 Å². The van der Waals surface area contributed by atoms with Crippen LogP contribution < -0.4 is 10.1 Å². The molecule has 1 N–H and O–H groups in total. The van der Waals surface area contributed by atoms with Crippen LogP contribution in [0.4, 0.5) is 18.9 Å². The molecule has 2 rings (SSSR count). The number of halogens is 3. The van der Waals surface area contributed by atoms with Gasteiger partial charge in [-0.2, -0.15) is 13.2 Å². The lowest BCUT2D eigenvalue weighted by Crippen LogP contribution is -2.29. The minimum atomic E-state index is -4.37. The number of nitrogens with zero attached hydrogens (tertiary/aromatic N) is 1. The maximum atomic E-state index is 12.2. The number of carbonyl (C=O) groups excluding carboxylic acids is 1. The predicted molar refractivity (Wildman–Crippen MR) is 94.1 cm³/mol. The molecule has 0 atom stereocenters. The van der Waals surface area contributed by atoms with Crippen molar-refractivity contribution in [2.24, 2.45) is 0 Å². The Morgan fingerprint density at radius 3 is 2.50 bits per heavy atom. The van der Waals surface area contributed by atoms with Gasteiger partial charge in [0.25, 0.3) is 0 Å². The molecule has 4 nitrogen and oxygen atoms in total. The highest BCUT2D eigenvalue weighted by Crippen LogP contribution is 2.20. The van der Waals surface area contributed by atoms with E-state index in [9.17, 15) is 18.0 Å². The summed E-state index contributed by atoms with van der Waals surface area (Å²) in [5.41, 5.74) is 2.58. The van der Waals surface area contributed by atoms with E-state index in [1.807, 2.05) is 31.2 Å². The smallest absolute Gasteiger partial charge is 0.422 e. The van der Waals surface area contributed by atoms with Crippen LogP contribution in [0.5, 0.6) is 5.75 Å². The van der Waals surface area contributed by atoms with Crippen molar-refractivity contribution in [3.8, 4) is 5.75 Å². The van der Waals surface area contributed by atoms with Crippen LogP contribution in [0.25, 0.3) is 0 Å².